The first-order valence-corrected chi connectivity index (χ1v) is 5.74. The highest BCUT2D eigenvalue weighted by molar-refractivity contribution is 9.10. The second-order valence-electron chi connectivity index (χ2n) is 3.73. The van der Waals surface area contributed by atoms with E-state index in [2.05, 4.69) is 44.8 Å². The van der Waals surface area contributed by atoms with Crippen molar-refractivity contribution in [1.29, 1.82) is 0 Å². The smallest absolute Gasteiger partial charge is 0.0209 e. The Bertz CT molecular complexity index is 325. The van der Waals surface area contributed by atoms with E-state index in [0.29, 0.717) is 5.92 Å². The van der Waals surface area contributed by atoms with E-state index in [1.54, 1.807) is 0 Å². The van der Waals surface area contributed by atoms with E-state index in [9.17, 15) is 0 Å². The Kier molecular flexibility index (Phi) is 3.21. The van der Waals surface area contributed by atoms with E-state index >= 15 is 0 Å². The molecule has 3 heteroatoms. The average Bonchev–Trinajstić information content (AvgIpc) is 2.18. The van der Waals surface area contributed by atoms with Crippen LogP contribution < -0.4 is 10.6 Å². The lowest BCUT2D eigenvalue weighted by Gasteiger charge is -2.26. The number of benzene rings is 1. The van der Waals surface area contributed by atoms with Crippen molar-refractivity contribution in [3.05, 3.63) is 33.8 Å². The van der Waals surface area contributed by atoms with Crippen molar-refractivity contribution in [2.45, 2.75) is 12.5 Å². The highest BCUT2D eigenvalue weighted by Crippen LogP contribution is 2.26. The molecule has 0 bridgehead atoms. The minimum atomic E-state index is 0.608. The van der Waals surface area contributed by atoms with Gasteiger partial charge in [0.2, 0.25) is 0 Å². The normalized spacial score (nSPS) is 20.6. The predicted octanol–water partition coefficient (Wildman–Crippen LogP) is 1.86. The van der Waals surface area contributed by atoms with Crippen molar-refractivity contribution in [3.63, 3.8) is 0 Å². The molecule has 0 saturated carbocycles. The topological polar surface area (TPSA) is 24.1 Å². The molecule has 1 unspecified atom stereocenters. The van der Waals surface area contributed by atoms with Crippen LogP contribution in [0, 0.1) is 0 Å². The lowest BCUT2D eigenvalue weighted by molar-refractivity contribution is 0.521. The molecule has 0 aromatic heterocycles. The Labute approximate surface area is 93.2 Å². The second kappa shape index (κ2) is 4.43. The molecule has 0 radical (unpaired) electrons. The van der Waals surface area contributed by atoms with E-state index in [0.717, 1.165) is 19.6 Å². The first-order valence-electron chi connectivity index (χ1n) is 4.95. The summed E-state index contributed by atoms with van der Waals surface area (Å²) in [6, 6.07) is 6.58. The van der Waals surface area contributed by atoms with E-state index in [-0.39, 0.29) is 0 Å². The van der Waals surface area contributed by atoms with Crippen LogP contribution in [0.4, 0.5) is 0 Å². The fraction of sp³-hybridized carbons (Fsp3) is 0.455. The van der Waals surface area contributed by atoms with E-state index < -0.39 is 0 Å². The summed E-state index contributed by atoms with van der Waals surface area (Å²) in [5.41, 5.74) is 2.91. The average molecular weight is 255 g/mol. The molecule has 14 heavy (non-hydrogen) atoms. The zero-order valence-corrected chi connectivity index (χ0v) is 9.89. The number of nitrogens with one attached hydrogen (secondary N) is 2. The molecule has 1 aromatic carbocycles. The largest absolute Gasteiger partial charge is 0.319 e. The van der Waals surface area contributed by atoms with Crippen LogP contribution in [0.3, 0.4) is 0 Å². The molecule has 1 aromatic rings. The van der Waals surface area contributed by atoms with E-state index in [1.165, 1.54) is 15.6 Å². The molecule has 0 saturated heterocycles. The molecule has 1 atom stereocenters. The van der Waals surface area contributed by atoms with Crippen LogP contribution in [-0.2, 0) is 6.54 Å². The maximum absolute atomic E-state index is 3.51. The van der Waals surface area contributed by atoms with Crippen LogP contribution in [0.15, 0.2) is 22.7 Å². The molecule has 2 N–H and O–H groups in total. The maximum atomic E-state index is 3.51. The van der Waals surface area contributed by atoms with Gasteiger partial charge in [0.1, 0.15) is 0 Å². The molecule has 0 fully saturated rings. The van der Waals surface area contributed by atoms with Crippen LogP contribution in [0.1, 0.15) is 17.0 Å². The summed E-state index contributed by atoms with van der Waals surface area (Å²) in [6.07, 6.45) is 0. The number of likely N-dealkylation sites (N-methyl/N-ethyl adjacent to an activating group) is 1. The third-order valence-corrected chi connectivity index (χ3v) is 3.19. The molecule has 2 rings (SSSR count). The quantitative estimate of drug-likeness (QED) is 0.842. The molecule has 0 aliphatic carbocycles. The van der Waals surface area contributed by atoms with Gasteiger partial charge in [0.05, 0.1) is 0 Å². The van der Waals surface area contributed by atoms with Gasteiger partial charge in [0, 0.05) is 30.0 Å². The molecule has 0 spiro atoms. The summed E-state index contributed by atoms with van der Waals surface area (Å²) < 4.78 is 1.17. The monoisotopic (exact) mass is 254 g/mol. The molecule has 76 valence electrons. The molecule has 1 aliphatic rings. The van der Waals surface area contributed by atoms with Gasteiger partial charge in [-0.15, -0.1) is 0 Å². The SMILES string of the molecule is CNCC1CNCc2cc(Br)ccc21. The zero-order chi connectivity index (χ0) is 9.97. The number of hydrogen-bond donors (Lipinski definition) is 2. The van der Waals surface area contributed by atoms with Crippen molar-refractivity contribution in [2.24, 2.45) is 0 Å². The Balaban J connectivity index is 2.30. The van der Waals surface area contributed by atoms with Crippen LogP contribution in [-0.4, -0.2) is 20.1 Å². The molecule has 2 nitrogen and oxygen atoms in total. The van der Waals surface area contributed by atoms with Crippen LogP contribution in [0.5, 0.6) is 0 Å². The highest BCUT2D eigenvalue weighted by Gasteiger charge is 2.18. The molecule has 1 aliphatic heterocycles. The molecule has 1 heterocycles. The fourth-order valence-corrected chi connectivity index (χ4v) is 2.45. The number of hydrogen-bond acceptors (Lipinski definition) is 2. The van der Waals surface area contributed by atoms with Crippen molar-refractivity contribution in [1.82, 2.24) is 10.6 Å². The van der Waals surface area contributed by atoms with Crippen LogP contribution >= 0.6 is 15.9 Å². The minimum Gasteiger partial charge on any atom is -0.319 e. The summed E-state index contributed by atoms with van der Waals surface area (Å²) in [5.74, 6) is 0.608. The highest BCUT2D eigenvalue weighted by atomic mass is 79.9. The summed E-state index contributed by atoms with van der Waals surface area (Å²) in [7, 11) is 2.01. The lowest BCUT2D eigenvalue weighted by atomic mass is 9.91. The maximum Gasteiger partial charge on any atom is 0.0209 e. The minimum absolute atomic E-state index is 0.608. The summed E-state index contributed by atoms with van der Waals surface area (Å²) in [6.45, 7) is 3.12. The second-order valence-corrected chi connectivity index (χ2v) is 4.64. The number of rotatable bonds is 2. The Hall–Kier alpha value is -0.380. The zero-order valence-electron chi connectivity index (χ0n) is 8.31. The predicted molar refractivity (Wildman–Crippen MR) is 62.5 cm³/mol. The number of halogens is 1. The first kappa shape index (κ1) is 10.1. The summed E-state index contributed by atoms with van der Waals surface area (Å²) in [4.78, 5) is 0. The Morgan fingerprint density at radius 3 is 3.21 bits per heavy atom. The van der Waals surface area contributed by atoms with Crippen LogP contribution in [0.2, 0.25) is 0 Å². The number of fused-ring (bicyclic) bond motifs is 1. The van der Waals surface area contributed by atoms with E-state index in [1.807, 2.05) is 7.05 Å². The van der Waals surface area contributed by atoms with E-state index in [4.69, 9.17) is 0 Å². The van der Waals surface area contributed by atoms with Gasteiger partial charge >= 0.3 is 0 Å². The van der Waals surface area contributed by atoms with Gasteiger partial charge in [-0.1, -0.05) is 22.0 Å². The summed E-state index contributed by atoms with van der Waals surface area (Å²) >= 11 is 3.51. The standard InChI is InChI=1S/C11H15BrN2/c1-13-5-9-7-14-6-8-4-10(12)2-3-11(8)9/h2-4,9,13-14H,5-7H2,1H3. The van der Waals surface area contributed by atoms with Crippen molar-refractivity contribution in [3.8, 4) is 0 Å². The van der Waals surface area contributed by atoms with Gasteiger partial charge in [-0.2, -0.15) is 0 Å². The van der Waals surface area contributed by atoms with Crippen molar-refractivity contribution < 1.29 is 0 Å². The van der Waals surface area contributed by atoms with Gasteiger partial charge in [-0.05, 0) is 30.3 Å². The van der Waals surface area contributed by atoms with Gasteiger partial charge in [-0.3, -0.25) is 0 Å². The lowest BCUT2D eigenvalue weighted by Crippen LogP contribution is -2.33. The third kappa shape index (κ3) is 2.00. The van der Waals surface area contributed by atoms with Crippen molar-refractivity contribution in [2.75, 3.05) is 20.1 Å². The fourth-order valence-electron chi connectivity index (χ4n) is 2.05. The van der Waals surface area contributed by atoms with Gasteiger partial charge in [0.15, 0.2) is 0 Å². The Morgan fingerprint density at radius 2 is 2.43 bits per heavy atom. The van der Waals surface area contributed by atoms with Gasteiger partial charge < -0.3 is 10.6 Å². The van der Waals surface area contributed by atoms with Gasteiger partial charge in [0.25, 0.3) is 0 Å². The Morgan fingerprint density at radius 1 is 1.57 bits per heavy atom. The summed E-state index contributed by atoms with van der Waals surface area (Å²) in [5, 5.41) is 6.68. The molecular formula is C11H15BrN2. The molecule has 0 amide bonds. The molecular weight excluding hydrogens is 240 g/mol. The van der Waals surface area contributed by atoms with Crippen molar-refractivity contribution >= 4 is 15.9 Å². The first-order chi connectivity index (χ1) is 6.81. The van der Waals surface area contributed by atoms with Gasteiger partial charge in [-0.25, -0.2) is 0 Å². The third-order valence-electron chi connectivity index (χ3n) is 2.70. The van der Waals surface area contributed by atoms with Crippen LogP contribution in [0.25, 0.3) is 0 Å².